The van der Waals surface area contributed by atoms with Gasteiger partial charge in [0.15, 0.2) is 0 Å². The molecule has 0 aliphatic heterocycles. The van der Waals surface area contributed by atoms with Crippen LogP contribution in [0.1, 0.15) is 6.92 Å². The molecule has 5 heteroatoms. The highest BCUT2D eigenvalue weighted by Crippen LogP contribution is 2.24. The molecule has 0 unspecified atom stereocenters. The normalized spacial score (nSPS) is 9.77. The summed E-state index contributed by atoms with van der Waals surface area (Å²) < 4.78 is 0. The second-order valence-corrected chi connectivity index (χ2v) is 3.55. The monoisotopic (exact) mass is 216 g/mol. The first-order valence-corrected chi connectivity index (χ1v) is 5.22. The van der Waals surface area contributed by atoms with Crippen molar-refractivity contribution in [1.82, 2.24) is 4.98 Å². The number of hydrogen-bond donors (Lipinski definition) is 1. The van der Waals surface area contributed by atoms with Gasteiger partial charge in [-0.15, -0.1) is 11.8 Å². The Morgan fingerprint density at radius 1 is 1.62 bits per heavy atom. The lowest BCUT2D eigenvalue weighted by Crippen LogP contribution is -2.07. The van der Waals surface area contributed by atoms with E-state index in [0.29, 0.717) is 10.8 Å². The third-order valence-electron chi connectivity index (χ3n) is 1.33. The lowest BCUT2D eigenvalue weighted by molar-refractivity contribution is -0.114. The minimum absolute atomic E-state index is 0.112. The molecular formula is C8H9ClN2OS. The van der Waals surface area contributed by atoms with Crippen molar-refractivity contribution in [3.05, 3.63) is 17.3 Å². The standard InChI is InChI=1S/C8H9ClN2OS/c1-5(12)10-6-3-4-7(9)11-8(6)13-2/h3-4H,1-2H3,(H,10,12). The summed E-state index contributed by atoms with van der Waals surface area (Å²) in [5.74, 6) is -0.112. The van der Waals surface area contributed by atoms with Crippen LogP contribution in [0.5, 0.6) is 0 Å². The van der Waals surface area contributed by atoms with Gasteiger partial charge < -0.3 is 5.32 Å². The van der Waals surface area contributed by atoms with Crippen LogP contribution >= 0.6 is 23.4 Å². The number of halogens is 1. The van der Waals surface area contributed by atoms with Crippen LogP contribution in [-0.4, -0.2) is 17.1 Å². The Balaban J connectivity index is 2.99. The van der Waals surface area contributed by atoms with Crippen molar-refractivity contribution >= 4 is 35.0 Å². The molecule has 0 aliphatic carbocycles. The summed E-state index contributed by atoms with van der Waals surface area (Å²) >= 11 is 7.14. The Labute approximate surface area is 85.9 Å². The van der Waals surface area contributed by atoms with Gasteiger partial charge in [0.2, 0.25) is 5.91 Å². The summed E-state index contributed by atoms with van der Waals surface area (Å²) in [6.07, 6.45) is 1.88. The molecule has 0 atom stereocenters. The molecule has 0 spiro atoms. The van der Waals surface area contributed by atoms with Crippen LogP contribution in [0.2, 0.25) is 5.15 Å². The molecule has 1 aromatic rings. The zero-order chi connectivity index (χ0) is 9.84. The van der Waals surface area contributed by atoms with Crippen LogP contribution < -0.4 is 5.32 Å². The Kier molecular flexibility index (Phi) is 3.57. The summed E-state index contributed by atoms with van der Waals surface area (Å²) in [5, 5.41) is 3.82. The van der Waals surface area contributed by atoms with Crippen LogP contribution in [0, 0.1) is 0 Å². The number of anilines is 1. The molecule has 1 rings (SSSR count). The molecule has 13 heavy (non-hydrogen) atoms. The second kappa shape index (κ2) is 4.48. The molecule has 0 saturated carbocycles. The first-order valence-electron chi connectivity index (χ1n) is 3.61. The molecule has 1 heterocycles. The highest BCUT2D eigenvalue weighted by atomic mass is 35.5. The summed E-state index contributed by atoms with van der Waals surface area (Å²) in [5.41, 5.74) is 0.699. The van der Waals surface area contributed by atoms with Gasteiger partial charge in [0.1, 0.15) is 10.2 Å². The Bertz CT molecular complexity index is 330. The average Bonchev–Trinajstić information content (AvgIpc) is 2.07. The average molecular weight is 217 g/mol. The summed E-state index contributed by atoms with van der Waals surface area (Å²) in [7, 11) is 0. The van der Waals surface area contributed by atoms with E-state index in [1.807, 2.05) is 6.26 Å². The van der Waals surface area contributed by atoms with E-state index in [9.17, 15) is 4.79 Å². The van der Waals surface area contributed by atoms with Gasteiger partial charge in [-0.3, -0.25) is 4.79 Å². The summed E-state index contributed by atoms with van der Waals surface area (Å²) in [4.78, 5) is 14.8. The van der Waals surface area contributed by atoms with Crippen molar-refractivity contribution in [2.45, 2.75) is 11.9 Å². The minimum Gasteiger partial charge on any atom is -0.324 e. The fraction of sp³-hybridized carbons (Fsp3) is 0.250. The number of nitrogens with one attached hydrogen (secondary N) is 1. The lowest BCUT2D eigenvalue weighted by atomic mass is 10.4. The highest BCUT2D eigenvalue weighted by molar-refractivity contribution is 7.98. The Morgan fingerprint density at radius 3 is 2.85 bits per heavy atom. The Morgan fingerprint density at radius 2 is 2.31 bits per heavy atom. The quantitative estimate of drug-likeness (QED) is 0.610. The van der Waals surface area contributed by atoms with Crippen LogP contribution in [-0.2, 0) is 4.79 Å². The van der Waals surface area contributed by atoms with Gasteiger partial charge in [-0.2, -0.15) is 0 Å². The zero-order valence-electron chi connectivity index (χ0n) is 7.30. The number of pyridine rings is 1. The second-order valence-electron chi connectivity index (χ2n) is 2.37. The van der Waals surface area contributed by atoms with Crippen molar-refractivity contribution < 1.29 is 4.79 Å². The van der Waals surface area contributed by atoms with Crippen LogP contribution in [0.3, 0.4) is 0 Å². The van der Waals surface area contributed by atoms with Crippen molar-refractivity contribution in [3.8, 4) is 0 Å². The van der Waals surface area contributed by atoms with Crippen molar-refractivity contribution in [2.24, 2.45) is 0 Å². The van der Waals surface area contributed by atoms with Crippen molar-refractivity contribution in [1.29, 1.82) is 0 Å². The molecule has 1 amide bonds. The zero-order valence-corrected chi connectivity index (χ0v) is 8.87. The van der Waals surface area contributed by atoms with Gasteiger partial charge in [0, 0.05) is 6.92 Å². The van der Waals surface area contributed by atoms with E-state index in [1.165, 1.54) is 18.7 Å². The minimum atomic E-state index is -0.112. The molecule has 0 aliphatic rings. The Hall–Kier alpha value is -0.740. The maximum Gasteiger partial charge on any atom is 0.221 e. The van der Waals surface area contributed by atoms with E-state index < -0.39 is 0 Å². The van der Waals surface area contributed by atoms with Gasteiger partial charge in [-0.05, 0) is 18.4 Å². The highest BCUT2D eigenvalue weighted by Gasteiger charge is 2.04. The van der Waals surface area contributed by atoms with E-state index in [0.717, 1.165) is 5.03 Å². The molecule has 1 N–H and O–H groups in total. The van der Waals surface area contributed by atoms with E-state index in [1.54, 1.807) is 12.1 Å². The number of carbonyl (C=O) groups excluding carboxylic acids is 1. The smallest absolute Gasteiger partial charge is 0.221 e. The topological polar surface area (TPSA) is 42.0 Å². The van der Waals surface area contributed by atoms with Gasteiger partial charge in [-0.1, -0.05) is 11.6 Å². The largest absolute Gasteiger partial charge is 0.324 e. The predicted octanol–water partition coefficient (Wildman–Crippen LogP) is 2.42. The number of aromatic nitrogens is 1. The van der Waals surface area contributed by atoms with E-state index >= 15 is 0 Å². The van der Waals surface area contributed by atoms with Crippen molar-refractivity contribution in [3.63, 3.8) is 0 Å². The van der Waals surface area contributed by atoms with Crippen LogP contribution in [0.25, 0.3) is 0 Å². The fourth-order valence-corrected chi connectivity index (χ4v) is 1.58. The van der Waals surface area contributed by atoms with Crippen LogP contribution in [0.15, 0.2) is 17.2 Å². The number of nitrogens with zero attached hydrogens (tertiary/aromatic N) is 1. The number of amides is 1. The maximum absolute atomic E-state index is 10.8. The number of thioether (sulfide) groups is 1. The van der Waals surface area contributed by atoms with E-state index in [-0.39, 0.29) is 5.91 Å². The fourth-order valence-electron chi connectivity index (χ4n) is 0.858. The van der Waals surface area contributed by atoms with Crippen molar-refractivity contribution in [2.75, 3.05) is 11.6 Å². The number of carbonyl (C=O) groups is 1. The molecule has 0 fully saturated rings. The van der Waals surface area contributed by atoms with Gasteiger partial charge in [0.25, 0.3) is 0 Å². The first kappa shape index (κ1) is 10.3. The first-order chi connectivity index (χ1) is 6.13. The molecule has 0 bridgehead atoms. The lowest BCUT2D eigenvalue weighted by Gasteiger charge is -2.06. The predicted molar refractivity (Wildman–Crippen MR) is 55.3 cm³/mol. The van der Waals surface area contributed by atoms with E-state index in [4.69, 9.17) is 11.6 Å². The summed E-state index contributed by atoms with van der Waals surface area (Å²) in [6.45, 7) is 1.46. The van der Waals surface area contributed by atoms with Gasteiger partial charge in [-0.25, -0.2) is 4.98 Å². The number of hydrogen-bond acceptors (Lipinski definition) is 3. The molecule has 0 aromatic carbocycles. The molecule has 70 valence electrons. The van der Waals surface area contributed by atoms with E-state index in [2.05, 4.69) is 10.3 Å². The van der Waals surface area contributed by atoms with Gasteiger partial charge in [0.05, 0.1) is 5.69 Å². The van der Waals surface area contributed by atoms with Gasteiger partial charge >= 0.3 is 0 Å². The molecule has 0 radical (unpaired) electrons. The summed E-state index contributed by atoms with van der Waals surface area (Å²) in [6, 6.07) is 3.38. The molecule has 3 nitrogen and oxygen atoms in total. The molecule has 1 aromatic heterocycles. The van der Waals surface area contributed by atoms with Crippen LogP contribution in [0.4, 0.5) is 5.69 Å². The maximum atomic E-state index is 10.8. The molecule has 0 saturated heterocycles. The molecular weight excluding hydrogens is 208 g/mol. The number of rotatable bonds is 2. The third-order valence-corrected chi connectivity index (χ3v) is 2.24. The SMILES string of the molecule is CSc1nc(Cl)ccc1NC(C)=O. The third kappa shape index (κ3) is 2.90.